The minimum atomic E-state index is -0.826. The number of esters is 1. The number of rotatable bonds is 5. The van der Waals surface area contributed by atoms with E-state index in [1.165, 1.54) is 0 Å². The highest BCUT2D eigenvalue weighted by molar-refractivity contribution is 9.10. The topological polar surface area (TPSA) is 78.7 Å². The van der Waals surface area contributed by atoms with Crippen LogP contribution in [0.4, 0.5) is 5.69 Å². The first-order valence-electron chi connectivity index (χ1n) is 6.06. The van der Waals surface area contributed by atoms with Crippen LogP contribution in [0.5, 0.6) is 5.75 Å². The molecule has 0 N–H and O–H groups in total. The Balaban J connectivity index is 3.16. The van der Waals surface area contributed by atoms with Gasteiger partial charge in [0.25, 0.3) is 5.69 Å². The second-order valence-corrected chi connectivity index (χ2v) is 5.10. The third-order valence-electron chi connectivity index (χ3n) is 2.72. The van der Waals surface area contributed by atoms with Crippen LogP contribution in [-0.4, -0.2) is 23.6 Å². The molecule has 7 heteroatoms. The molecule has 0 amide bonds. The first-order chi connectivity index (χ1) is 9.29. The Bertz CT molecular complexity index is 544. The standard InChI is InChI=1S/C13H16BrNO5/c1-5-19-13(16)9(4)20-12-7(2)6-10(14)11(8(12)3)15(17)18/h6,9H,5H2,1-4H3. The van der Waals surface area contributed by atoms with Crippen LogP contribution < -0.4 is 4.74 Å². The molecule has 0 aromatic heterocycles. The molecule has 110 valence electrons. The molecule has 1 aromatic rings. The lowest BCUT2D eigenvalue weighted by molar-refractivity contribution is -0.386. The molecule has 1 rings (SSSR count). The fraction of sp³-hybridized carbons (Fsp3) is 0.462. The van der Waals surface area contributed by atoms with Crippen LogP contribution in [0, 0.1) is 24.0 Å². The van der Waals surface area contributed by atoms with Crippen molar-refractivity contribution in [3.05, 3.63) is 31.8 Å². The van der Waals surface area contributed by atoms with E-state index in [-0.39, 0.29) is 12.3 Å². The molecule has 1 atom stereocenters. The molecule has 0 bridgehead atoms. The Morgan fingerprint density at radius 3 is 2.60 bits per heavy atom. The van der Waals surface area contributed by atoms with Gasteiger partial charge in [-0.15, -0.1) is 0 Å². The predicted molar refractivity (Wildman–Crippen MR) is 77.0 cm³/mol. The average molecular weight is 346 g/mol. The van der Waals surface area contributed by atoms with Crippen LogP contribution in [0.3, 0.4) is 0 Å². The quantitative estimate of drug-likeness (QED) is 0.464. The lowest BCUT2D eigenvalue weighted by Crippen LogP contribution is -2.26. The van der Waals surface area contributed by atoms with E-state index >= 15 is 0 Å². The number of nitro benzene ring substituents is 1. The van der Waals surface area contributed by atoms with Gasteiger partial charge in [0, 0.05) is 0 Å². The van der Waals surface area contributed by atoms with Crippen molar-refractivity contribution in [2.45, 2.75) is 33.8 Å². The fourth-order valence-corrected chi connectivity index (χ4v) is 2.58. The molecule has 0 spiro atoms. The number of benzene rings is 1. The molecule has 0 fully saturated rings. The van der Waals surface area contributed by atoms with Crippen molar-refractivity contribution in [2.75, 3.05) is 6.61 Å². The monoisotopic (exact) mass is 345 g/mol. The highest BCUT2D eigenvalue weighted by Crippen LogP contribution is 2.37. The van der Waals surface area contributed by atoms with Crippen molar-refractivity contribution < 1.29 is 19.2 Å². The van der Waals surface area contributed by atoms with Gasteiger partial charge in [-0.05, 0) is 55.3 Å². The summed E-state index contributed by atoms with van der Waals surface area (Å²) in [5.41, 5.74) is 1.01. The summed E-state index contributed by atoms with van der Waals surface area (Å²) in [5, 5.41) is 11.1. The van der Waals surface area contributed by atoms with Gasteiger partial charge in [0.15, 0.2) is 6.10 Å². The molecule has 1 aromatic carbocycles. The number of hydrogen-bond acceptors (Lipinski definition) is 5. The van der Waals surface area contributed by atoms with Crippen LogP contribution in [0.15, 0.2) is 10.5 Å². The molecule has 0 saturated carbocycles. The van der Waals surface area contributed by atoms with Gasteiger partial charge in [-0.3, -0.25) is 10.1 Å². The van der Waals surface area contributed by atoms with Crippen LogP contribution >= 0.6 is 15.9 Å². The van der Waals surface area contributed by atoms with Gasteiger partial charge >= 0.3 is 5.97 Å². The molecule has 0 aliphatic rings. The maximum Gasteiger partial charge on any atom is 0.347 e. The van der Waals surface area contributed by atoms with Gasteiger partial charge in [-0.1, -0.05) is 0 Å². The van der Waals surface area contributed by atoms with E-state index < -0.39 is 17.0 Å². The zero-order valence-corrected chi connectivity index (χ0v) is 13.3. The summed E-state index contributed by atoms with van der Waals surface area (Å²) in [6.45, 7) is 6.85. The maximum absolute atomic E-state index is 11.6. The largest absolute Gasteiger partial charge is 0.478 e. The maximum atomic E-state index is 11.6. The highest BCUT2D eigenvalue weighted by Gasteiger charge is 2.25. The van der Waals surface area contributed by atoms with Crippen molar-refractivity contribution in [3.8, 4) is 5.75 Å². The van der Waals surface area contributed by atoms with Crippen LogP contribution in [-0.2, 0) is 9.53 Å². The smallest absolute Gasteiger partial charge is 0.347 e. The summed E-state index contributed by atoms with van der Waals surface area (Å²) in [7, 11) is 0. The van der Waals surface area contributed by atoms with Crippen molar-refractivity contribution in [1.29, 1.82) is 0 Å². The van der Waals surface area contributed by atoms with E-state index in [0.29, 0.717) is 21.3 Å². The summed E-state index contributed by atoms with van der Waals surface area (Å²) in [4.78, 5) is 22.1. The van der Waals surface area contributed by atoms with Crippen LogP contribution in [0.2, 0.25) is 0 Å². The summed E-state index contributed by atoms with van der Waals surface area (Å²) < 4.78 is 10.8. The van der Waals surface area contributed by atoms with Gasteiger partial charge in [-0.25, -0.2) is 4.79 Å². The minimum Gasteiger partial charge on any atom is -0.478 e. The number of halogens is 1. The van der Waals surface area contributed by atoms with Crippen molar-refractivity contribution in [3.63, 3.8) is 0 Å². The molecule has 20 heavy (non-hydrogen) atoms. The Morgan fingerprint density at radius 2 is 2.10 bits per heavy atom. The summed E-state index contributed by atoms with van der Waals surface area (Å²) in [6, 6.07) is 1.60. The van der Waals surface area contributed by atoms with E-state index in [2.05, 4.69) is 15.9 Å². The summed E-state index contributed by atoms with van der Waals surface area (Å²) >= 11 is 3.16. The molecule has 0 aliphatic heterocycles. The Kier molecular flexibility index (Phi) is 5.50. The number of nitrogens with zero attached hydrogens (tertiary/aromatic N) is 1. The van der Waals surface area contributed by atoms with E-state index in [9.17, 15) is 14.9 Å². The van der Waals surface area contributed by atoms with E-state index in [1.807, 2.05) is 0 Å². The molecule has 1 unspecified atom stereocenters. The summed E-state index contributed by atoms with van der Waals surface area (Å²) in [5.74, 6) is -0.169. The third-order valence-corrected chi connectivity index (χ3v) is 3.32. The SMILES string of the molecule is CCOC(=O)C(C)Oc1c(C)cc(Br)c([N+](=O)[O-])c1C. The lowest BCUT2D eigenvalue weighted by atomic mass is 10.1. The number of carbonyl (C=O) groups excluding carboxylic acids is 1. The van der Waals surface area contributed by atoms with E-state index in [1.54, 1.807) is 33.8 Å². The van der Waals surface area contributed by atoms with Gasteiger partial charge in [0.05, 0.1) is 21.6 Å². The Morgan fingerprint density at radius 1 is 1.50 bits per heavy atom. The third kappa shape index (κ3) is 3.47. The van der Waals surface area contributed by atoms with Crippen molar-refractivity contribution in [2.24, 2.45) is 0 Å². The zero-order valence-electron chi connectivity index (χ0n) is 11.7. The highest BCUT2D eigenvalue weighted by atomic mass is 79.9. The molecular weight excluding hydrogens is 330 g/mol. The second-order valence-electron chi connectivity index (χ2n) is 4.25. The molecular formula is C13H16BrNO5. The summed E-state index contributed by atoms with van der Waals surface area (Å²) in [6.07, 6.45) is -0.826. The fourth-order valence-electron chi connectivity index (χ4n) is 1.80. The number of nitro groups is 1. The zero-order chi connectivity index (χ0) is 15.4. The van der Waals surface area contributed by atoms with Crippen LogP contribution in [0.1, 0.15) is 25.0 Å². The number of hydrogen-bond donors (Lipinski definition) is 0. The predicted octanol–water partition coefficient (Wildman–Crippen LogP) is 3.30. The number of carbonyl (C=O) groups is 1. The Labute approximate surface area is 125 Å². The Hall–Kier alpha value is -1.63. The number of ether oxygens (including phenoxy) is 2. The van der Waals surface area contributed by atoms with Crippen molar-refractivity contribution in [1.82, 2.24) is 0 Å². The molecule has 6 nitrogen and oxygen atoms in total. The van der Waals surface area contributed by atoms with Gasteiger partial charge in [0.2, 0.25) is 0 Å². The van der Waals surface area contributed by atoms with Gasteiger partial charge in [0.1, 0.15) is 5.75 Å². The van der Waals surface area contributed by atoms with Crippen molar-refractivity contribution >= 4 is 27.6 Å². The number of aryl methyl sites for hydroxylation is 1. The first-order valence-corrected chi connectivity index (χ1v) is 6.86. The average Bonchev–Trinajstić information content (AvgIpc) is 2.33. The minimum absolute atomic E-state index is 0.0679. The molecule has 0 aliphatic carbocycles. The van der Waals surface area contributed by atoms with Gasteiger partial charge < -0.3 is 9.47 Å². The first kappa shape index (κ1) is 16.4. The van der Waals surface area contributed by atoms with E-state index in [4.69, 9.17) is 9.47 Å². The van der Waals surface area contributed by atoms with Gasteiger partial charge in [-0.2, -0.15) is 0 Å². The normalized spacial score (nSPS) is 11.8. The molecule has 0 radical (unpaired) electrons. The van der Waals surface area contributed by atoms with Crippen LogP contribution in [0.25, 0.3) is 0 Å². The second kappa shape index (κ2) is 6.69. The lowest BCUT2D eigenvalue weighted by Gasteiger charge is -2.17. The molecule has 0 heterocycles. The molecule has 0 saturated heterocycles. The van der Waals surface area contributed by atoms with E-state index in [0.717, 1.165) is 0 Å².